The van der Waals surface area contributed by atoms with Crippen LogP contribution in [0.1, 0.15) is 44.1 Å². The largest absolute Gasteiger partial charge is 0.303 e. The molecule has 3 rings (SSSR count). The Hall–Kier alpha value is -1.34. The average molecular weight is 267 g/mol. The summed E-state index contributed by atoms with van der Waals surface area (Å²) in [5, 5.41) is 2.72. The molecule has 1 atom stereocenters. The molecule has 1 nitrogen and oxygen atoms in total. The summed E-state index contributed by atoms with van der Waals surface area (Å²) in [6.07, 6.45) is 5.49. The lowest BCUT2D eigenvalue weighted by atomic mass is 9.95. The summed E-state index contributed by atoms with van der Waals surface area (Å²) < 4.78 is 0. The normalized spacial score (nSPS) is 18.2. The van der Waals surface area contributed by atoms with E-state index in [0.29, 0.717) is 5.92 Å². The quantitative estimate of drug-likeness (QED) is 0.767. The Morgan fingerprint density at radius 1 is 0.950 bits per heavy atom. The van der Waals surface area contributed by atoms with Crippen molar-refractivity contribution in [3.8, 4) is 0 Å². The van der Waals surface area contributed by atoms with E-state index in [2.05, 4.69) is 54.3 Å². The zero-order chi connectivity index (χ0) is 13.8. The lowest BCUT2D eigenvalue weighted by Crippen LogP contribution is -2.31. The molecule has 1 heteroatoms. The third-order valence-electron chi connectivity index (χ3n) is 4.67. The van der Waals surface area contributed by atoms with Gasteiger partial charge >= 0.3 is 0 Å². The highest BCUT2D eigenvalue weighted by Crippen LogP contribution is 2.24. The monoisotopic (exact) mass is 267 g/mol. The van der Waals surface area contributed by atoms with Gasteiger partial charge in [-0.3, -0.25) is 0 Å². The summed E-state index contributed by atoms with van der Waals surface area (Å²) in [6, 6.07) is 15.6. The maximum Gasteiger partial charge on any atom is -0.00130 e. The Morgan fingerprint density at radius 3 is 2.50 bits per heavy atom. The summed E-state index contributed by atoms with van der Waals surface area (Å²) in [4.78, 5) is 2.64. The van der Waals surface area contributed by atoms with Crippen molar-refractivity contribution < 1.29 is 0 Å². The molecule has 0 spiro atoms. The van der Waals surface area contributed by atoms with Crippen LogP contribution in [0, 0.1) is 0 Å². The van der Waals surface area contributed by atoms with Crippen LogP contribution in [0.15, 0.2) is 42.5 Å². The molecule has 0 radical (unpaired) electrons. The van der Waals surface area contributed by atoms with E-state index in [9.17, 15) is 0 Å². The fourth-order valence-electron chi connectivity index (χ4n) is 3.24. The number of piperidine rings is 1. The van der Waals surface area contributed by atoms with Crippen molar-refractivity contribution in [1.82, 2.24) is 4.90 Å². The first-order valence-corrected chi connectivity index (χ1v) is 8.04. The van der Waals surface area contributed by atoms with Gasteiger partial charge in [0, 0.05) is 0 Å². The number of fused-ring (bicyclic) bond motifs is 1. The molecule has 1 aliphatic heterocycles. The molecule has 0 aromatic heterocycles. The Kier molecular flexibility index (Phi) is 4.37. The molecular weight excluding hydrogens is 242 g/mol. The molecule has 20 heavy (non-hydrogen) atoms. The number of hydrogen-bond donors (Lipinski definition) is 0. The Bertz CT molecular complexity index is 554. The van der Waals surface area contributed by atoms with E-state index < -0.39 is 0 Å². The maximum atomic E-state index is 2.64. The van der Waals surface area contributed by atoms with Gasteiger partial charge in [-0.15, -0.1) is 0 Å². The van der Waals surface area contributed by atoms with Crippen molar-refractivity contribution in [3.05, 3.63) is 48.0 Å². The number of likely N-dealkylation sites (tertiary alicyclic amines) is 1. The summed E-state index contributed by atoms with van der Waals surface area (Å²) in [7, 11) is 0. The topological polar surface area (TPSA) is 3.24 Å². The molecule has 1 saturated heterocycles. The SMILES string of the molecule is CC(CCN1CCCCC1)c1ccc2ccccc2c1. The standard InChI is InChI=1S/C19H25N/c1-16(11-14-20-12-5-2-6-13-20)18-10-9-17-7-3-4-8-19(17)15-18/h3-4,7-10,15-16H,2,5-6,11-14H2,1H3. The van der Waals surface area contributed by atoms with Crippen LogP contribution in [0.2, 0.25) is 0 Å². The fourth-order valence-corrected chi connectivity index (χ4v) is 3.24. The molecule has 0 N–H and O–H groups in total. The highest BCUT2D eigenvalue weighted by atomic mass is 15.1. The molecular formula is C19H25N. The van der Waals surface area contributed by atoms with Gasteiger partial charge in [-0.2, -0.15) is 0 Å². The minimum atomic E-state index is 0.654. The number of benzene rings is 2. The van der Waals surface area contributed by atoms with Crippen LogP contribution in [0.5, 0.6) is 0 Å². The first kappa shape index (κ1) is 13.6. The smallest absolute Gasteiger partial charge is 0.00130 e. The van der Waals surface area contributed by atoms with E-state index in [0.717, 1.165) is 0 Å². The molecule has 2 aromatic carbocycles. The molecule has 0 aliphatic carbocycles. The van der Waals surface area contributed by atoms with Crippen molar-refractivity contribution in [2.45, 2.75) is 38.5 Å². The van der Waals surface area contributed by atoms with Gasteiger partial charge in [0.1, 0.15) is 0 Å². The van der Waals surface area contributed by atoms with Crippen LogP contribution in [-0.2, 0) is 0 Å². The van der Waals surface area contributed by atoms with Gasteiger partial charge in [-0.25, -0.2) is 0 Å². The second kappa shape index (κ2) is 6.41. The van der Waals surface area contributed by atoms with Crippen LogP contribution >= 0.6 is 0 Å². The van der Waals surface area contributed by atoms with Crippen LogP contribution in [0.4, 0.5) is 0 Å². The summed E-state index contributed by atoms with van der Waals surface area (Å²) >= 11 is 0. The fraction of sp³-hybridized carbons (Fsp3) is 0.474. The van der Waals surface area contributed by atoms with Gasteiger partial charge in [0.05, 0.1) is 0 Å². The molecule has 106 valence electrons. The third kappa shape index (κ3) is 3.21. The highest BCUT2D eigenvalue weighted by Gasteiger charge is 2.12. The predicted molar refractivity (Wildman–Crippen MR) is 87.3 cm³/mol. The van der Waals surface area contributed by atoms with Crippen molar-refractivity contribution in [2.75, 3.05) is 19.6 Å². The maximum absolute atomic E-state index is 2.64. The van der Waals surface area contributed by atoms with Crippen LogP contribution in [0.3, 0.4) is 0 Å². The lowest BCUT2D eigenvalue weighted by molar-refractivity contribution is 0.222. The molecule has 0 bridgehead atoms. The van der Waals surface area contributed by atoms with Gasteiger partial charge in [-0.1, -0.05) is 55.8 Å². The minimum Gasteiger partial charge on any atom is -0.303 e. The second-order valence-corrected chi connectivity index (χ2v) is 6.20. The first-order valence-electron chi connectivity index (χ1n) is 8.04. The van der Waals surface area contributed by atoms with Gasteiger partial charge in [0.25, 0.3) is 0 Å². The van der Waals surface area contributed by atoms with Crippen molar-refractivity contribution >= 4 is 10.8 Å². The molecule has 0 saturated carbocycles. The van der Waals surface area contributed by atoms with E-state index in [1.807, 2.05) is 0 Å². The first-order chi connectivity index (χ1) is 9.83. The van der Waals surface area contributed by atoms with Gasteiger partial charge in [0.15, 0.2) is 0 Å². The van der Waals surface area contributed by atoms with E-state index in [1.165, 1.54) is 61.7 Å². The van der Waals surface area contributed by atoms with Crippen molar-refractivity contribution in [3.63, 3.8) is 0 Å². The second-order valence-electron chi connectivity index (χ2n) is 6.20. The molecule has 1 aliphatic rings. The van der Waals surface area contributed by atoms with E-state index >= 15 is 0 Å². The summed E-state index contributed by atoms with van der Waals surface area (Å²) in [5.41, 5.74) is 1.49. The van der Waals surface area contributed by atoms with E-state index in [4.69, 9.17) is 0 Å². The van der Waals surface area contributed by atoms with E-state index in [-0.39, 0.29) is 0 Å². The highest BCUT2D eigenvalue weighted by molar-refractivity contribution is 5.83. The average Bonchev–Trinajstić information content (AvgIpc) is 2.53. The summed E-state index contributed by atoms with van der Waals surface area (Å²) in [6.45, 7) is 6.25. The number of rotatable bonds is 4. The van der Waals surface area contributed by atoms with Gasteiger partial charge < -0.3 is 4.90 Å². The predicted octanol–water partition coefficient (Wildman–Crippen LogP) is 4.82. The van der Waals surface area contributed by atoms with Gasteiger partial charge in [-0.05, 0) is 61.2 Å². The van der Waals surface area contributed by atoms with Crippen LogP contribution in [0.25, 0.3) is 10.8 Å². The van der Waals surface area contributed by atoms with E-state index in [1.54, 1.807) is 0 Å². The minimum absolute atomic E-state index is 0.654. The van der Waals surface area contributed by atoms with Crippen LogP contribution < -0.4 is 0 Å². The number of hydrogen-bond acceptors (Lipinski definition) is 1. The molecule has 2 aromatic rings. The molecule has 1 heterocycles. The molecule has 1 fully saturated rings. The Morgan fingerprint density at radius 2 is 1.70 bits per heavy atom. The lowest BCUT2D eigenvalue weighted by Gasteiger charge is -2.27. The summed E-state index contributed by atoms with van der Waals surface area (Å²) in [5.74, 6) is 0.654. The number of nitrogens with zero attached hydrogens (tertiary/aromatic N) is 1. The van der Waals surface area contributed by atoms with Crippen LogP contribution in [-0.4, -0.2) is 24.5 Å². The van der Waals surface area contributed by atoms with Crippen molar-refractivity contribution in [2.24, 2.45) is 0 Å². The third-order valence-corrected chi connectivity index (χ3v) is 4.67. The Labute approximate surface area is 122 Å². The molecule has 1 unspecified atom stereocenters. The van der Waals surface area contributed by atoms with Gasteiger partial charge in [0.2, 0.25) is 0 Å². The van der Waals surface area contributed by atoms with Crippen molar-refractivity contribution in [1.29, 1.82) is 0 Å². The molecule has 0 amide bonds. The zero-order valence-electron chi connectivity index (χ0n) is 12.5. The zero-order valence-corrected chi connectivity index (χ0v) is 12.5. The Balaban J connectivity index is 1.64.